The van der Waals surface area contributed by atoms with Crippen LogP contribution in [0.3, 0.4) is 0 Å². The second kappa shape index (κ2) is 6.65. The first-order chi connectivity index (χ1) is 10.1. The fraction of sp³-hybridized carbons (Fsp3) is 0.125. The summed E-state index contributed by atoms with van der Waals surface area (Å²) in [4.78, 5) is 23.2. The maximum absolute atomic E-state index is 13.1. The van der Waals surface area contributed by atoms with E-state index < -0.39 is 23.7 Å². The highest BCUT2D eigenvalue weighted by Crippen LogP contribution is 2.07. The van der Waals surface area contributed by atoms with Gasteiger partial charge >= 0.3 is 5.97 Å². The zero-order chi connectivity index (χ0) is 15.2. The number of nitrogens with one attached hydrogen (secondary N) is 1. The molecular formula is C16H14FNO3. The normalized spacial score (nSPS) is 11.7. The van der Waals surface area contributed by atoms with Crippen molar-refractivity contribution in [3.05, 3.63) is 71.5 Å². The molecule has 2 aromatic carbocycles. The minimum atomic E-state index is -1.14. The van der Waals surface area contributed by atoms with E-state index in [2.05, 4.69) is 5.32 Å². The number of aliphatic carboxylic acids is 1. The highest BCUT2D eigenvalue weighted by molar-refractivity contribution is 5.96. The zero-order valence-electron chi connectivity index (χ0n) is 11.1. The summed E-state index contributed by atoms with van der Waals surface area (Å²) < 4.78 is 13.1. The van der Waals surface area contributed by atoms with Gasteiger partial charge in [0.15, 0.2) is 0 Å². The Balaban J connectivity index is 2.10. The molecule has 108 valence electrons. The van der Waals surface area contributed by atoms with Crippen molar-refractivity contribution in [3.63, 3.8) is 0 Å². The molecule has 0 aromatic heterocycles. The molecule has 2 N–H and O–H groups in total. The number of carboxylic acid groups (broad SMARTS) is 1. The Labute approximate surface area is 121 Å². The minimum Gasteiger partial charge on any atom is -0.480 e. The molecule has 0 saturated heterocycles. The van der Waals surface area contributed by atoms with Crippen LogP contribution in [0.1, 0.15) is 15.9 Å². The van der Waals surface area contributed by atoms with E-state index in [9.17, 15) is 19.1 Å². The first kappa shape index (κ1) is 14.7. The van der Waals surface area contributed by atoms with Crippen LogP contribution >= 0.6 is 0 Å². The lowest BCUT2D eigenvalue weighted by atomic mass is 10.1. The lowest BCUT2D eigenvalue weighted by molar-refractivity contribution is -0.139. The summed E-state index contributed by atoms with van der Waals surface area (Å²) >= 11 is 0. The Kier molecular flexibility index (Phi) is 4.66. The van der Waals surface area contributed by atoms with E-state index in [1.807, 2.05) is 6.07 Å². The molecule has 2 rings (SSSR count). The van der Waals surface area contributed by atoms with Gasteiger partial charge in [-0.2, -0.15) is 0 Å². The van der Waals surface area contributed by atoms with Crippen molar-refractivity contribution >= 4 is 11.9 Å². The third-order valence-electron chi connectivity index (χ3n) is 2.97. The van der Waals surface area contributed by atoms with Crippen LogP contribution in [-0.4, -0.2) is 23.0 Å². The Hall–Kier alpha value is -2.69. The predicted octanol–water partition coefficient (Wildman–Crippen LogP) is 2.25. The number of carbonyl (C=O) groups is 2. The Morgan fingerprint density at radius 3 is 2.43 bits per heavy atom. The van der Waals surface area contributed by atoms with Gasteiger partial charge in [-0.15, -0.1) is 0 Å². The number of amides is 1. The number of halogens is 1. The molecule has 0 spiro atoms. The van der Waals surface area contributed by atoms with Crippen LogP contribution in [0, 0.1) is 5.82 Å². The third kappa shape index (κ3) is 4.14. The van der Waals surface area contributed by atoms with Gasteiger partial charge in [-0.05, 0) is 23.8 Å². The van der Waals surface area contributed by atoms with Gasteiger partial charge in [-0.3, -0.25) is 4.79 Å². The van der Waals surface area contributed by atoms with E-state index in [0.29, 0.717) is 0 Å². The summed E-state index contributed by atoms with van der Waals surface area (Å²) in [5, 5.41) is 11.6. The van der Waals surface area contributed by atoms with Crippen LogP contribution in [-0.2, 0) is 11.2 Å². The molecule has 0 fully saturated rings. The van der Waals surface area contributed by atoms with Gasteiger partial charge in [-0.25, -0.2) is 9.18 Å². The van der Waals surface area contributed by atoms with Crippen LogP contribution in [0.5, 0.6) is 0 Å². The molecule has 1 atom stereocenters. The second-order valence-corrected chi connectivity index (χ2v) is 4.56. The Bertz CT molecular complexity index is 643. The van der Waals surface area contributed by atoms with Crippen molar-refractivity contribution < 1.29 is 19.1 Å². The molecule has 0 aliphatic carbocycles. The molecule has 1 amide bonds. The average molecular weight is 287 g/mol. The monoisotopic (exact) mass is 287 g/mol. The molecule has 0 heterocycles. The standard InChI is InChI=1S/C16H14FNO3/c17-13-8-4-7-12(10-13)15(19)18-14(16(20)21)9-11-5-2-1-3-6-11/h1-8,10,14H,9H2,(H,18,19)(H,20,21). The summed E-state index contributed by atoms with van der Waals surface area (Å²) in [5.41, 5.74) is 0.888. The lowest BCUT2D eigenvalue weighted by Gasteiger charge is -2.14. The highest BCUT2D eigenvalue weighted by Gasteiger charge is 2.21. The lowest BCUT2D eigenvalue weighted by Crippen LogP contribution is -2.42. The van der Waals surface area contributed by atoms with E-state index in [-0.39, 0.29) is 12.0 Å². The topological polar surface area (TPSA) is 66.4 Å². The number of hydrogen-bond donors (Lipinski definition) is 2. The minimum absolute atomic E-state index is 0.0920. The third-order valence-corrected chi connectivity index (χ3v) is 2.97. The smallest absolute Gasteiger partial charge is 0.326 e. The van der Waals surface area contributed by atoms with Crippen molar-refractivity contribution in [1.82, 2.24) is 5.32 Å². The highest BCUT2D eigenvalue weighted by atomic mass is 19.1. The van der Waals surface area contributed by atoms with Crippen molar-refractivity contribution in [1.29, 1.82) is 0 Å². The molecule has 0 aliphatic heterocycles. The number of rotatable bonds is 5. The van der Waals surface area contributed by atoms with Crippen LogP contribution in [0.25, 0.3) is 0 Å². The molecule has 0 radical (unpaired) electrons. The average Bonchev–Trinajstić information content (AvgIpc) is 2.47. The summed E-state index contributed by atoms with van der Waals surface area (Å²) in [6, 6.07) is 13.0. The summed E-state index contributed by atoms with van der Waals surface area (Å²) in [7, 11) is 0. The second-order valence-electron chi connectivity index (χ2n) is 4.56. The van der Waals surface area contributed by atoms with Crippen LogP contribution in [0.2, 0.25) is 0 Å². The predicted molar refractivity (Wildman–Crippen MR) is 75.4 cm³/mol. The number of carboxylic acids is 1. The fourth-order valence-electron chi connectivity index (χ4n) is 1.92. The van der Waals surface area contributed by atoms with Crippen molar-refractivity contribution in [3.8, 4) is 0 Å². The van der Waals surface area contributed by atoms with E-state index >= 15 is 0 Å². The van der Waals surface area contributed by atoms with Crippen molar-refractivity contribution in [2.75, 3.05) is 0 Å². The van der Waals surface area contributed by atoms with E-state index in [4.69, 9.17) is 0 Å². The van der Waals surface area contributed by atoms with E-state index in [1.165, 1.54) is 18.2 Å². The first-order valence-electron chi connectivity index (χ1n) is 6.39. The van der Waals surface area contributed by atoms with E-state index in [0.717, 1.165) is 11.6 Å². The number of carbonyl (C=O) groups excluding carboxylic acids is 1. The van der Waals surface area contributed by atoms with Gasteiger partial charge in [0.25, 0.3) is 5.91 Å². The largest absolute Gasteiger partial charge is 0.480 e. The van der Waals surface area contributed by atoms with Gasteiger partial charge in [-0.1, -0.05) is 36.4 Å². The summed E-state index contributed by atoms with van der Waals surface area (Å²) in [6.45, 7) is 0. The molecule has 21 heavy (non-hydrogen) atoms. The molecule has 2 aromatic rings. The molecule has 1 unspecified atom stereocenters. The van der Waals surface area contributed by atoms with Crippen LogP contribution in [0.15, 0.2) is 54.6 Å². The van der Waals surface area contributed by atoms with Crippen molar-refractivity contribution in [2.24, 2.45) is 0 Å². The van der Waals surface area contributed by atoms with Crippen molar-refractivity contribution in [2.45, 2.75) is 12.5 Å². The van der Waals surface area contributed by atoms with Gasteiger partial charge in [0.05, 0.1) is 0 Å². The SMILES string of the molecule is O=C(NC(Cc1ccccc1)C(=O)O)c1cccc(F)c1. The van der Waals surface area contributed by atoms with Crippen LogP contribution in [0.4, 0.5) is 4.39 Å². The van der Waals surface area contributed by atoms with Gasteiger partial charge in [0.1, 0.15) is 11.9 Å². The molecule has 0 aliphatic rings. The molecule has 5 heteroatoms. The summed E-state index contributed by atoms with van der Waals surface area (Å²) in [5.74, 6) is -2.29. The molecule has 0 saturated carbocycles. The number of benzene rings is 2. The number of hydrogen-bond acceptors (Lipinski definition) is 2. The quantitative estimate of drug-likeness (QED) is 0.886. The van der Waals surface area contributed by atoms with Gasteiger partial charge < -0.3 is 10.4 Å². The van der Waals surface area contributed by atoms with Gasteiger partial charge in [0.2, 0.25) is 0 Å². The maximum atomic E-state index is 13.1. The van der Waals surface area contributed by atoms with Crippen LogP contribution < -0.4 is 5.32 Å². The Morgan fingerprint density at radius 2 is 1.81 bits per heavy atom. The fourth-order valence-corrected chi connectivity index (χ4v) is 1.92. The molecule has 0 bridgehead atoms. The molecular weight excluding hydrogens is 273 g/mol. The maximum Gasteiger partial charge on any atom is 0.326 e. The Morgan fingerprint density at radius 1 is 1.10 bits per heavy atom. The first-order valence-corrected chi connectivity index (χ1v) is 6.39. The summed E-state index contributed by atoms with van der Waals surface area (Å²) in [6.07, 6.45) is 0.164. The van der Waals surface area contributed by atoms with Gasteiger partial charge in [0, 0.05) is 12.0 Å². The van der Waals surface area contributed by atoms with E-state index in [1.54, 1.807) is 24.3 Å². The molecule has 4 nitrogen and oxygen atoms in total. The zero-order valence-corrected chi connectivity index (χ0v) is 11.1.